The number of carbonyl (C=O) groups is 2. The van der Waals surface area contributed by atoms with E-state index in [4.69, 9.17) is 10.5 Å². The van der Waals surface area contributed by atoms with Gasteiger partial charge in [0.15, 0.2) is 0 Å². The van der Waals surface area contributed by atoms with Gasteiger partial charge in [-0.3, -0.25) is 19.4 Å². The molecule has 1 aromatic heterocycles. The highest BCUT2D eigenvalue weighted by Crippen LogP contribution is 2.52. The van der Waals surface area contributed by atoms with Crippen LogP contribution in [0.5, 0.6) is 0 Å². The van der Waals surface area contributed by atoms with Gasteiger partial charge in [0.1, 0.15) is 5.69 Å². The Morgan fingerprint density at radius 2 is 2.12 bits per heavy atom. The van der Waals surface area contributed by atoms with Gasteiger partial charge < -0.3 is 15.4 Å². The van der Waals surface area contributed by atoms with E-state index in [0.717, 1.165) is 12.8 Å². The minimum absolute atomic E-state index is 0.0511. The van der Waals surface area contributed by atoms with E-state index in [1.165, 1.54) is 0 Å². The minimum Gasteiger partial charge on any atom is -0.466 e. The van der Waals surface area contributed by atoms with Crippen LogP contribution in [0.3, 0.4) is 0 Å². The highest BCUT2D eigenvalue weighted by atomic mass is 16.5. The first-order valence-electron chi connectivity index (χ1n) is 9.12. The molecular weight excluding hydrogens is 338 g/mol. The minimum atomic E-state index is -0.604. The third kappa shape index (κ3) is 2.95. The summed E-state index contributed by atoms with van der Waals surface area (Å²) in [7, 11) is 0. The highest BCUT2D eigenvalue weighted by Gasteiger charge is 2.60. The number of H-pyrrole nitrogens is 1. The van der Waals surface area contributed by atoms with Crippen molar-refractivity contribution in [2.75, 3.05) is 12.3 Å². The van der Waals surface area contributed by atoms with Crippen molar-refractivity contribution in [1.82, 2.24) is 20.1 Å². The lowest BCUT2D eigenvalue weighted by Gasteiger charge is -2.34. The number of amides is 1. The maximum atomic E-state index is 12.8. The number of esters is 1. The maximum Gasteiger partial charge on any atom is 0.314 e. The number of aryl methyl sites for hydroxylation is 1. The average molecular weight is 363 g/mol. The summed E-state index contributed by atoms with van der Waals surface area (Å²) in [6, 6.07) is -0.0625. The van der Waals surface area contributed by atoms with E-state index >= 15 is 0 Å². The molecule has 1 aromatic rings. The fourth-order valence-electron chi connectivity index (χ4n) is 4.47. The van der Waals surface area contributed by atoms with Crippen LogP contribution in [0.1, 0.15) is 51.6 Å². The predicted octanol–water partition coefficient (Wildman–Crippen LogP) is 0.403. The molecule has 1 amide bonds. The summed E-state index contributed by atoms with van der Waals surface area (Å²) in [6.45, 7) is 4.11. The van der Waals surface area contributed by atoms with Gasteiger partial charge >= 0.3 is 5.97 Å². The number of anilines is 1. The van der Waals surface area contributed by atoms with Gasteiger partial charge in [0.25, 0.3) is 5.56 Å². The third-order valence-corrected chi connectivity index (χ3v) is 5.70. The molecule has 3 atom stereocenters. The molecule has 3 heterocycles. The average Bonchev–Trinajstić information content (AvgIpc) is 3.17. The van der Waals surface area contributed by atoms with E-state index < -0.39 is 11.0 Å². The first kappa shape index (κ1) is 18.3. The Balaban J connectivity index is 1.72. The normalized spacial score (nSPS) is 26.9. The lowest BCUT2D eigenvalue weighted by Crippen LogP contribution is -2.45. The summed E-state index contributed by atoms with van der Waals surface area (Å²) in [4.78, 5) is 41.4. The number of fused-ring (bicyclic) bond motifs is 2. The molecule has 2 aliphatic heterocycles. The van der Waals surface area contributed by atoms with Gasteiger partial charge in [-0.25, -0.2) is 0 Å². The second-order valence-corrected chi connectivity index (χ2v) is 6.97. The molecule has 2 fully saturated rings. The zero-order chi connectivity index (χ0) is 18.9. The van der Waals surface area contributed by atoms with Gasteiger partial charge in [-0.1, -0.05) is 6.92 Å². The summed E-state index contributed by atoms with van der Waals surface area (Å²) < 4.78 is 5.30. The molecule has 2 saturated heterocycles. The van der Waals surface area contributed by atoms with Crippen LogP contribution in [-0.4, -0.2) is 50.6 Å². The van der Waals surface area contributed by atoms with Crippen LogP contribution in [0.4, 0.5) is 5.95 Å². The molecule has 9 heteroatoms. The SMILES string of the molecule is CCOC(=O)[C@@]1(CC)C[C@H]2CC[C@@H]1N2C(=O)CCc1nnc(N)[nH]c1=O. The van der Waals surface area contributed by atoms with Crippen molar-refractivity contribution in [1.29, 1.82) is 0 Å². The van der Waals surface area contributed by atoms with Crippen molar-refractivity contribution in [3.05, 3.63) is 16.0 Å². The van der Waals surface area contributed by atoms with E-state index in [1.54, 1.807) is 6.92 Å². The largest absolute Gasteiger partial charge is 0.466 e. The molecular formula is C17H25N5O4. The molecule has 0 unspecified atom stereocenters. The Bertz CT molecular complexity index is 764. The van der Waals surface area contributed by atoms with Crippen molar-refractivity contribution in [3.8, 4) is 0 Å². The second-order valence-electron chi connectivity index (χ2n) is 6.97. The van der Waals surface area contributed by atoms with Gasteiger partial charge in [0.05, 0.1) is 12.0 Å². The molecule has 9 nitrogen and oxygen atoms in total. The Kier molecular flexibility index (Phi) is 4.97. The van der Waals surface area contributed by atoms with Crippen molar-refractivity contribution in [2.24, 2.45) is 5.41 Å². The molecule has 2 bridgehead atoms. The van der Waals surface area contributed by atoms with Crippen LogP contribution in [-0.2, 0) is 20.7 Å². The van der Waals surface area contributed by atoms with Crippen LogP contribution in [0, 0.1) is 5.41 Å². The van der Waals surface area contributed by atoms with Crippen molar-refractivity contribution in [2.45, 2.75) is 64.5 Å². The molecule has 3 rings (SSSR count). The number of hydrogen-bond donors (Lipinski definition) is 2. The first-order valence-corrected chi connectivity index (χ1v) is 9.12. The molecule has 0 aliphatic carbocycles. The van der Waals surface area contributed by atoms with E-state index in [1.807, 2.05) is 11.8 Å². The number of ether oxygens (including phenoxy) is 1. The summed E-state index contributed by atoms with van der Waals surface area (Å²) >= 11 is 0. The number of rotatable bonds is 6. The number of carbonyl (C=O) groups excluding carboxylic acids is 2. The number of nitrogens with two attached hydrogens (primary N) is 1. The van der Waals surface area contributed by atoms with E-state index in [-0.39, 0.29) is 48.4 Å². The number of nitrogen functional groups attached to an aromatic ring is 1. The van der Waals surface area contributed by atoms with Crippen LogP contribution in [0.15, 0.2) is 4.79 Å². The third-order valence-electron chi connectivity index (χ3n) is 5.70. The molecule has 0 saturated carbocycles. The summed E-state index contributed by atoms with van der Waals surface area (Å²) in [5.74, 6) is -0.312. The van der Waals surface area contributed by atoms with E-state index in [9.17, 15) is 14.4 Å². The van der Waals surface area contributed by atoms with Crippen molar-refractivity contribution >= 4 is 17.8 Å². The second kappa shape index (κ2) is 7.05. The van der Waals surface area contributed by atoms with Gasteiger partial charge in [-0.05, 0) is 32.6 Å². The Labute approximate surface area is 151 Å². The van der Waals surface area contributed by atoms with Gasteiger partial charge in [-0.15, -0.1) is 10.2 Å². The van der Waals surface area contributed by atoms with Crippen molar-refractivity contribution < 1.29 is 14.3 Å². The Hall–Kier alpha value is -2.45. The summed E-state index contributed by atoms with van der Waals surface area (Å²) in [5.41, 5.74) is 4.53. The van der Waals surface area contributed by atoms with Crippen LogP contribution < -0.4 is 11.3 Å². The predicted molar refractivity (Wildman–Crippen MR) is 93.0 cm³/mol. The number of nitrogens with zero attached hydrogens (tertiary/aromatic N) is 3. The topological polar surface area (TPSA) is 131 Å². The van der Waals surface area contributed by atoms with Gasteiger partial charge in [0, 0.05) is 24.9 Å². The van der Waals surface area contributed by atoms with Crippen LogP contribution in [0.25, 0.3) is 0 Å². The van der Waals surface area contributed by atoms with Crippen LogP contribution in [0.2, 0.25) is 0 Å². The molecule has 0 radical (unpaired) electrons. The lowest BCUT2D eigenvalue weighted by atomic mass is 9.72. The van der Waals surface area contributed by atoms with Gasteiger partial charge in [0.2, 0.25) is 11.9 Å². The smallest absolute Gasteiger partial charge is 0.314 e. The zero-order valence-corrected chi connectivity index (χ0v) is 15.2. The number of nitrogens with one attached hydrogen (secondary N) is 1. The van der Waals surface area contributed by atoms with E-state index in [0.29, 0.717) is 19.4 Å². The molecule has 0 aromatic carbocycles. The summed E-state index contributed by atoms with van der Waals surface area (Å²) in [5, 5.41) is 7.39. The van der Waals surface area contributed by atoms with Gasteiger partial charge in [-0.2, -0.15) is 0 Å². The molecule has 142 valence electrons. The molecule has 0 spiro atoms. The maximum absolute atomic E-state index is 12.8. The fourth-order valence-corrected chi connectivity index (χ4v) is 4.47. The highest BCUT2D eigenvalue weighted by molar-refractivity contribution is 5.83. The molecule has 2 aliphatic rings. The quantitative estimate of drug-likeness (QED) is 0.699. The fraction of sp³-hybridized carbons (Fsp3) is 0.706. The lowest BCUT2D eigenvalue weighted by molar-refractivity contribution is -0.158. The first-order chi connectivity index (χ1) is 12.4. The Morgan fingerprint density at radius 1 is 1.35 bits per heavy atom. The number of aromatic nitrogens is 3. The van der Waals surface area contributed by atoms with Crippen LogP contribution >= 0.6 is 0 Å². The zero-order valence-electron chi connectivity index (χ0n) is 15.2. The monoisotopic (exact) mass is 363 g/mol. The Morgan fingerprint density at radius 3 is 2.77 bits per heavy atom. The summed E-state index contributed by atoms with van der Waals surface area (Å²) in [6.07, 6.45) is 3.36. The van der Waals surface area contributed by atoms with Crippen molar-refractivity contribution in [3.63, 3.8) is 0 Å². The number of hydrogen-bond acceptors (Lipinski definition) is 7. The molecule has 3 N–H and O–H groups in total. The standard InChI is InChI=1S/C17H25N5O4/c1-3-17(15(25)26-4-2)9-10-5-7-12(17)22(10)13(23)8-6-11-14(24)19-16(18)21-20-11/h10,12H,3-9H2,1-2H3,(H3,18,19,21,24)/t10-,12+,17+/m1/s1. The molecule has 26 heavy (non-hydrogen) atoms. The number of aromatic amines is 1. The van der Waals surface area contributed by atoms with E-state index in [2.05, 4.69) is 15.2 Å².